The lowest BCUT2D eigenvalue weighted by atomic mass is 10.1. The first-order chi connectivity index (χ1) is 15.0. The molecular formula is C21H23N3O6S. The molecule has 9 nitrogen and oxygen atoms in total. The second-order valence-electron chi connectivity index (χ2n) is 6.25. The van der Waals surface area contributed by atoms with Gasteiger partial charge >= 0.3 is 0 Å². The van der Waals surface area contributed by atoms with Crippen LogP contribution in [0.2, 0.25) is 0 Å². The molecule has 164 valence electrons. The summed E-state index contributed by atoms with van der Waals surface area (Å²) in [4.78, 5) is 0.0637. The van der Waals surface area contributed by atoms with Crippen LogP contribution in [0.15, 0.2) is 59.5 Å². The van der Waals surface area contributed by atoms with E-state index in [2.05, 4.69) is 14.9 Å². The number of sulfonamides is 1. The molecule has 0 aliphatic rings. The highest BCUT2D eigenvalue weighted by Crippen LogP contribution is 2.29. The van der Waals surface area contributed by atoms with Crippen LogP contribution in [0.1, 0.15) is 0 Å². The van der Waals surface area contributed by atoms with Crippen LogP contribution in [0.3, 0.4) is 0 Å². The van der Waals surface area contributed by atoms with E-state index >= 15 is 0 Å². The Morgan fingerprint density at radius 3 is 2.19 bits per heavy atom. The lowest BCUT2D eigenvalue weighted by Crippen LogP contribution is -2.28. The molecule has 3 rings (SSSR count). The van der Waals surface area contributed by atoms with Crippen molar-refractivity contribution in [3.05, 3.63) is 54.6 Å². The Kier molecular flexibility index (Phi) is 7.27. The normalized spacial score (nSPS) is 11.1. The van der Waals surface area contributed by atoms with E-state index in [0.29, 0.717) is 23.1 Å². The molecule has 0 saturated heterocycles. The van der Waals surface area contributed by atoms with Crippen LogP contribution in [0, 0.1) is 0 Å². The molecule has 1 N–H and O–H groups in total. The summed E-state index contributed by atoms with van der Waals surface area (Å²) in [5.41, 5.74) is 1.58. The predicted molar refractivity (Wildman–Crippen MR) is 114 cm³/mol. The second kappa shape index (κ2) is 10.1. The van der Waals surface area contributed by atoms with E-state index in [1.54, 1.807) is 19.2 Å². The van der Waals surface area contributed by atoms with Gasteiger partial charge < -0.3 is 18.9 Å². The van der Waals surface area contributed by atoms with E-state index < -0.39 is 10.0 Å². The maximum absolute atomic E-state index is 12.5. The van der Waals surface area contributed by atoms with Crippen molar-refractivity contribution in [2.75, 3.05) is 34.5 Å². The predicted octanol–water partition coefficient (Wildman–Crippen LogP) is 2.53. The van der Waals surface area contributed by atoms with Gasteiger partial charge in [0.25, 0.3) is 0 Å². The van der Waals surface area contributed by atoms with E-state index in [1.807, 2.05) is 24.3 Å². The molecule has 0 aliphatic carbocycles. The fourth-order valence-corrected chi connectivity index (χ4v) is 3.74. The topological polar surface area (TPSA) is 109 Å². The first kappa shape index (κ1) is 22.3. The molecule has 1 aromatic heterocycles. The number of rotatable bonds is 10. The molecule has 31 heavy (non-hydrogen) atoms. The summed E-state index contributed by atoms with van der Waals surface area (Å²) >= 11 is 0. The van der Waals surface area contributed by atoms with E-state index in [0.717, 1.165) is 11.3 Å². The largest absolute Gasteiger partial charge is 0.497 e. The summed E-state index contributed by atoms with van der Waals surface area (Å²) in [6, 6.07) is 15.3. The molecule has 0 unspecified atom stereocenters. The highest BCUT2D eigenvalue weighted by Gasteiger charge is 2.16. The molecule has 0 radical (unpaired) electrons. The average Bonchev–Trinajstić information content (AvgIpc) is 2.81. The van der Waals surface area contributed by atoms with Gasteiger partial charge in [-0.25, -0.2) is 13.1 Å². The van der Waals surface area contributed by atoms with Gasteiger partial charge in [-0.2, -0.15) is 0 Å². The molecule has 0 spiro atoms. The summed E-state index contributed by atoms with van der Waals surface area (Å²) in [6.07, 6.45) is 0. The average molecular weight is 445 g/mol. The highest BCUT2D eigenvalue weighted by atomic mass is 32.2. The van der Waals surface area contributed by atoms with Gasteiger partial charge in [-0.05, 0) is 42.5 Å². The molecule has 10 heteroatoms. The first-order valence-electron chi connectivity index (χ1n) is 9.29. The summed E-state index contributed by atoms with van der Waals surface area (Å²) in [5, 5.41) is 8.16. The summed E-state index contributed by atoms with van der Waals surface area (Å²) in [5.74, 6) is 1.82. The van der Waals surface area contributed by atoms with Gasteiger partial charge in [-0.15, -0.1) is 10.2 Å². The van der Waals surface area contributed by atoms with Crippen molar-refractivity contribution in [1.29, 1.82) is 0 Å². The standard InChI is InChI=1S/C21H23N3O6S/c1-27-16-6-4-15(5-7-16)18-9-11-21(24-23-18)30-13-12-22-31(25,26)17-8-10-19(28-2)20(14-17)29-3/h4-11,14,22H,12-13H2,1-3H3. The fraction of sp³-hybridized carbons (Fsp3) is 0.238. The van der Waals surface area contributed by atoms with Crippen LogP contribution in [-0.2, 0) is 10.0 Å². The number of nitrogens with zero attached hydrogens (tertiary/aromatic N) is 2. The van der Waals surface area contributed by atoms with Crippen molar-refractivity contribution in [3.8, 4) is 34.4 Å². The van der Waals surface area contributed by atoms with Crippen molar-refractivity contribution in [2.45, 2.75) is 4.90 Å². The van der Waals surface area contributed by atoms with E-state index in [1.165, 1.54) is 32.4 Å². The van der Waals surface area contributed by atoms with Crippen LogP contribution < -0.4 is 23.7 Å². The number of nitrogens with one attached hydrogen (secondary N) is 1. The van der Waals surface area contributed by atoms with Crippen LogP contribution >= 0.6 is 0 Å². The molecular weight excluding hydrogens is 422 g/mol. The minimum absolute atomic E-state index is 0.0542. The molecule has 0 fully saturated rings. The monoisotopic (exact) mass is 445 g/mol. The highest BCUT2D eigenvalue weighted by molar-refractivity contribution is 7.89. The van der Waals surface area contributed by atoms with E-state index in [9.17, 15) is 8.42 Å². The maximum Gasteiger partial charge on any atom is 0.240 e. The maximum atomic E-state index is 12.5. The molecule has 2 aromatic carbocycles. The Labute approximate surface area is 181 Å². The van der Waals surface area contributed by atoms with Crippen molar-refractivity contribution in [3.63, 3.8) is 0 Å². The third kappa shape index (κ3) is 5.62. The second-order valence-corrected chi connectivity index (χ2v) is 8.02. The number of aromatic nitrogens is 2. The Morgan fingerprint density at radius 2 is 1.58 bits per heavy atom. The molecule has 0 aliphatic heterocycles. The van der Waals surface area contributed by atoms with Crippen LogP contribution in [-0.4, -0.2) is 53.1 Å². The van der Waals surface area contributed by atoms with Gasteiger partial charge in [0, 0.05) is 24.2 Å². The smallest absolute Gasteiger partial charge is 0.240 e. The van der Waals surface area contributed by atoms with Gasteiger partial charge in [0.1, 0.15) is 12.4 Å². The lowest BCUT2D eigenvalue weighted by molar-refractivity contribution is 0.307. The number of ether oxygens (including phenoxy) is 4. The number of hydrogen-bond acceptors (Lipinski definition) is 8. The molecule has 0 amide bonds. The van der Waals surface area contributed by atoms with Gasteiger partial charge in [0.15, 0.2) is 11.5 Å². The van der Waals surface area contributed by atoms with Gasteiger partial charge in [-0.3, -0.25) is 0 Å². The summed E-state index contributed by atoms with van der Waals surface area (Å²) in [6.45, 7) is 0.141. The summed E-state index contributed by atoms with van der Waals surface area (Å²) in [7, 11) is 0.795. The van der Waals surface area contributed by atoms with Crippen molar-refractivity contribution < 1.29 is 27.4 Å². The van der Waals surface area contributed by atoms with Crippen molar-refractivity contribution in [2.24, 2.45) is 0 Å². The summed E-state index contributed by atoms with van der Waals surface area (Å²) < 4.78 is 48.3. The minimum atomic E-state index is -3.73. The van der Waals surface area contributed by atoms with Gasteiger partial charge in [-0.1, -0.05) is 0 Å². The lowest BCUT2D eigenvalue weighted by Gasteiger charge is -2.11. The Hall–Kier alpha value is -3.37. The number of benzene rings is 2. The zero-order valence-electron chi connectivity index (χ0n) is 17.4. The number of hydrogen-bond donors (Lipinski definition) is 1. The van der Waals surface area contributed by atoms with Crippen LogP contribution in [0.4, 0.5) is 0 Å². The SMILES string of the molecule is COc1ccc(-c2ccc(OCCNS(=O)(=O)c3ccc(OC)c(OC)c3)nn2)cc1. The fourth-order valence-electron chi connectivity index (χ4n) is 2.71. The van der Waals surface area contributed by atoms with Crippen LogP contribution in [0.25, 0.3) is 11.3 Å². The molecule has 3 aromatic rings. The third-order valence-electron chi connectivity index (χ3n) is 4.34. The van der Waals surface area contributed by atoms with E-state index in [4.69, 9.17) is 18.9 Å². The minimum Gasteiger partial charge on any atom is -0.497 e. The van der Waals surface area contributed by atoms with Gasteiger partial charge in [0.05, 0.1) is 31.9 Å². The quantitative estimate of drug-likeness (QED) is 0.474. The van der Waals surface area contributed by atoms with Gasteiger partial charge in [0.2, 0.25) is 15.9 Å². The number of methoxy groups -OCH3 is 3. The Morgan fingerprint density at radius 1 is 0.839 bits per heavy atom. The van der Waals surface area contributed by atoms with Crippen LogP contribution in [0.5, 0.6) is 23.1 Å². The Balaban J connectivity index is 1.54. The molecule has 0 bridgehead atoms. The molecule has 0 saturated carbocycles. The van der Waals surface area contributed by atoms with Crippen molar-refractivity contribution >= 4 is 10.0 Å². The van der Waals surface area contributed by atoms with Crippen molar-refractivity contribution in [1.82, 2.24) is 14.9 Å². The zero-order chi connectivity index (χ0) is 22.3. The zero-order valence-corrected chi connectivity index (χ0v) is 18.2. The molecule has 1 heterocycles. The Bertz CT molecular complexity index is 1100. The third-order valence-corrected chi connectivity index (χ3v) is 5.79. The molecule has 0 atom stereocenters. The van der Waals surface area contributed by atoms with E-state index in [-0.39, 0.29) is 18.0 Å². The first-order valence-corrected chi connectivity index (χ1v) is 10.8.